The van der Waals surface area contributed by atoms with Crippen LogP contribution >= 0.6 is 15.4 Å². The minimum absolute atomic E-state index is 0.00440. The lowest BCUT2D eigenvalue weighted by molar-refractivity contribution is 0.159. The standard InChI is InChI=1S/C29H34O11P2/c1-5-36-41(34,37-6-2)23-11-9-18(10-12-23)26-27(19-13-20(30)15-21(31)14-19)29(40-42(35,38-7-3)39-8-4)24-16-22(32)17-25(33)28(24)26/h9-17,26,30-33H,5-8H2,1-4H3/t26-/m1/s1. The number of fused-ring (bicyclic) bond motifs is 1. The van der Waals surface area contributed by atoms with Gasteiger partial charge in [0.25, 0.3) is 0 Å². The molecule has 0 saturated heterocycles. The summed E-state index contributed by atoms with van der Waals surface area (Å²) < 4.78 is 54.6. The number of rotatable bonds is 13. The van der Waals surface area contributed by atoms with E-state index in [0.29, 0.717) is 10.9 Å². The Morgan fingerprint density at radius 1 is 0.690 bits per heavy atom. The van der Waals surface area contributed by atoms with Gasteiger partial charge in [-0.05, 0) is 69.2 Å². The summed E-state index contributed by atoms with van der Waals surface area (Å²) in [5.41, 5.74) is 1.57. The van der Waals surface area contributed by atoms with Gasteiger partial charge in [0.2, 0.25) is 0 Å². The predicted octanol–water partition coefficient (Wildman–Crippen LogP) is 6.61. The number of benzene rings is 3. The number of hydrogen-bond acceptors (Lipinski definition) is 11. The zero-order valence-electron chi connectivity index (χ0n) is 23.6. The third kappa shape index (κ3) is 6.37. The smallest absolute Gasteiger partial charge is 0.508 e. The normalized spacial score (nSPS) is 15.2. The van der Waals surface area contributed by atoms with Crippen LogP contribution in [0.25, 0.3) is 11.3 Å². The second-order valence-corrected chi connectivity index (χ2v) is 12.8. The third-order valence-electron chi connectivity index (χ3n) is 6.34. The van der Waals surface area contributed by atoms with Crippen molar-refractivity contribution in [3.63, 3.8) is 0 Å². The van der Waals surface area contributed by atoms with E-state index in [-0.39, 0.29) is 77.4 Å². The Kier molecular flexibility index (Phi) is 9.73. The summed E-state index contributed by atoms with van der Waals surface area (Å²) in [6, 6.07) is 12.9. The highest BCUT2D eigenvalue weighted by Gasteiger charge is 2.42. The number of phenols is 4. The van der Waals surface area contributed by atoms with E-state index in [1.165, 1.54) is 18.2 Å². The summed E-state index contributed by atoms with van der Waals surface area (Å²) in [6.45, 7) is 6.98. The Morgan fingerprint density at radius 2 is 1.21 bits per heavy atom. The third-order valence-corrected chi connectivity index (χ3v) is 10.0. The first-order valence-corrected chi connectivity index (χ1v) is 16.4. The van der Waals surface area contributed by atoms with Gasteiger partial charge in [0.05, 0.1) is 31.7 Å². The second kappa shape index (κ2) is 12.9. The molecular formula is C29H34O11P2. The molecule has 4 rings (SSSR count). The molecule has 0 aromatic heterocycles. The molecular weight excluding hydrogens is 586 g/mol. The van der Waals surface area contributed by atoms with Crippen LogP contribution in [0, 0.1) is 0 Å². The van der Waals surface area contributed by atoms with Gasteiger partial charge in [0.1, 0.15) is 28.8 Å². The largest absolute Gasteiger partial charge is 0.530 e. The van der Waals surface area contributed by atoms with Crippen molar-refractivity contribution in [1.82, 2.24) is 0 Å². The highest BCUT2D eigenvalue weighted by molar-refractivity contribution is 7.62. The van der Waals surface area contributed by atoms with Gasteiger partial charge in [0.15, 0.2) is 0 Å². The van der Waals surface area contributed by atoms with Gasteiger partial charge in [-0.25, -0.2) is 4.57 Å². The Hall–Kier alpha value is -3.30. The van der Waals surface area contributed by atoms with Crippen LogP contribution in [0.1, 0.15) is 55.9 Å². The summed E-state index contributed by atoms with van der Waals surface area (Å²) in [5.74, 6) is -2.02. The fourth-order valence-electron chi connectivity index (χ4n) is 4.91. The Morgan fingerprint density at radius 3 is 1.74 bits per heavy atom. The maximum atomic E-state index is 13.6. The van der Waals surface area contributed by atoms with Crippen LogP contribution in [0.2, 0.25) is 0 Å². The number of phosphoric ester groups is 1. The van der Waals surface area contributed by atoms with E-state index in [0.717, 1.165) is 12.1 Å². The van der Waals surface area contributed by atoms with Crippen LogP contribution in [-0.4, -0.2) is 46.9 Å². The summed E-state index contributed by atoms with van der Waals surface area (Å²) in [4.78, 5) is 0. The zero-order chi connectivity index (χ0) is 30.7. The van der Waals surface area contributed by atoms with Gasteiger partial charge in [0, 0.05) is 34.8 Å². The van der Waals surface area contributed by atoms with E-state index in [1.54, 1.807) is 52.0 Å². The molecule has 0 spiro atoms. The molecule has 13 heteroatoms. The molecule has 1 aliphatic carbocycles. The van der Waals surface area contributed by atoms with Gasteiger partial charge < -0.3 is 34.0 Å². The molecule has 0 bridgehead atoms. The molecule has 11 nitrogen and oxygen atoms in total. The van der Waals surface area contributed by atoms with Crippen molar-refractivity contribution >= 4 is 32.1 Å². The zero-order valence-corrected chi connectivity index (χ0v) is 25.4. The van der Waals surface area contributed by atoms with E-state index in [4.69, 9.17) is 22.6 Å². The minimum Gasteiger partial charge on any atom is -0.508 e. The average molecular weight is 621 g/mol. The molecule has 0 aliphatic heterocycles. The van der Waals surface area contributed by atoms with Crippen LogP contribution in [-0.2, 0) is 31.7 Å². The van der Waals surface area contributed by atoms with Gasteiger partial charge >= 0.3 is 15.4 Å². The lowest BCUT2D eigenvalue weighted by Crippen LogP contribution is -2.11. The Labute approximate surface area is 244 Å². The summed E-state index contributed by atoms with van der Waals surface area (Å²) >= 11 is 0. The van der Waals surface area contributed by atoms with Crippen molar-refractivity contribution in [2.75, 3.05) is 26.4 Å². The topological polar surface area (TPSA) is 161 Å². The van der Waals surface area contributed by atoms with Gasteiger partial charge in [-0.3, -0.25) is 13.6 Å². The van der Waals surface area contributed by atoms with E-state index >= 15 is 0 Å². The fraction of sp³-hybridized carbons (Fsp3) is 0.310. The van der Waals surface area contributed by atoms with Crippen LogP contribution < -0.4 is 5.30 Å². The average Bonchev–Trinajstić information content (AvgIpc) is 3.22. The first kappa shape index (κ1) is 31.6. The summed E-state index contributed by atoms with van der Waals surface area (Å²) in [5, 5.41) is 42.6. The molecule has 4 N–H and O–H groups in total. The van der Waals surface area contributed by atoms with E-state index in [2.05, 4.69) is 0 Å². The lowest BCUT2D eigenvalue weighted by Gasteiger charge is -2.22. The first-order valence-electron chi connectivity index (χ1n) is 13.4. The number of hydrogen-bond donors (Lipinski definition) is 4. The summed E-state index contributed by atoms with van der Waals surface area (Å²) in [6.07, 6.45) is 0. The van der Waals surface area contributed by atoms with E-state index in [9.17, 15) is 29.6 Å². The molecule has 226 valence electrons. The van der Waals surface area contributed by atoms with Crippen LogP contribution in [0.15, 0.2) is 54.6 Å². The Balaban J connectivity index is 2.00. The maximum absolute atomic E-state index is 13.6. The molecule has 0 amide bonds. The number of aromatic hydroxyl groups is 4. The molecule has 3 aromatic carbocycles. The van der Waals surface area contributed by atoms with Crippen molar-refractivity contribution in [3.05, 3.63) is 76.9 Å². The first-order chi connectivity index (χ1) is 20.0. The minimum atomic E-state index is -4.22. The highest BCUT2D eigenvalue weighted by atomic mass is 31.2. The number of phosphoric acid groups is 1. The Bertz CT molecular complexity index is 1530. The van der Waals surface area contributed by atoms with Gasteiger partial charge in [-0.2, -0.15) is 0 Å². The molecule has 0 heterocycles. The van der Waals surface area contributed by atoms with Crippen molar-refractivity contribution in [2.45, 2.75) is 33.6 Å². The lowest BCUT2D eigenvalue weighted by atomic mass is 9.84. The molecule has 1 atom stereocenters. The van der Waals surface area contributed by atoms with Gasteiger partial charge in [-0.15, -0.1) is 0 Å². The molecule has 0 fully saturated rings. The second-order valence-electron chi connectivity index (χ2n) is 9.14. The van der Waals surface area contributed by atoms with Crippen LogP contribution in [0.5, 0.6) is 23.0 Å². The number of phenolic OH excluding ortho intramolecular Hbond substituents is 4. The van der Waals surface area contributed by atoms with Crippen molar-refractivity contribution in [1.29, 1.82) is 0 Å². The molecule has 0 unspecified atom stereocenters. The predicted molar refractivity (Wildman–Crippen MR) is 157 cm³/mol. The quantitative estimate of drug-likeness (QED) is 0.152. The van der Waals surface area contributed by atoms with Gasteiger partial charge in [-0.1, -0.05) is 12.1 Å². The summed E-state index contributed by atoms with van der Waals surface area (Å²) in [7, 11) is -7.82. The molecule has 0 radical (unpaired) electrons. The van der Waals surface area contributed by atoms with Crippen LogP contribution in [0.4, 0.5) is 0 Å². The maximum Gasteiger partial charge on any atom is 0.530 e. The fourth-order valence-corrected chi connectivity index (χ4v) is 7.71. The van der Waals surface area contributed by atoms with Crippen molar-refractivity contribution < 1.29 is 52.2 Å². The molecule has 42 heavy (non-hydrogen) atoms. The highest BCUT2D eigenvalue weighted by Crippen LogP contribution is 2.61. The molecule has 1 aliphatic rings. The molecule has 3 aromatic rings. The van der Waals surface area contributed by atoms with E-state index in [1.807, 2.05) is 0 Å². The molecule has 0 saturated carbocycles. The van der Waals surface area contributed by atoms with E-state index < -0.39 is 21.3 Å². The van der Waals surface area contributed by atoms with Crippen molar-refractivity contribution in [2.24, 2.45) is 0 Å². The van der Waals surface area contributed by atoms with Crippen molar-refractivity contribution in [3.8, 4) is 23.0 Å². The SMILES string of the molecule is CCOP(=O)(OCC)OC1=C(c2cc(O)cc(O)c2)[C@@H](c2ccc(P(=O)(OCC)OCC)cc2)c2c(O)cc(O)cc21. The monoisotopic (exact) mass is 620 g/mol. The van der Waals surface area contributed by atoms with Crippen LogP contribution in [0.3, 0.4) is 0 Å². The number of allylic oxidation sites excluding steroid dienone is 1.